The number of hydrogen-bond acceptors (Lipinski definition) is 3. The maximum Gasteiger partial charge on any atom is 0.312 e. The van der Waals surface area contributed by atoms with E-state index in [0.717, 1.165) is 0 Å². The second-order valence-electron chi connectivity index (χ2n) is 4.50. The molecule has 0 bridgehead atoms. The maximum atomic E-state index is 11.7. The largest absolute Gasteiger partial charge is 0.352 e. The first kappa shape index (κ1) is 14.7. The van der Waals surface area contributed by atoms with Crippen molar-refractivity contribution in [1.29, 1.82) is 0 Å². The van der Waals surface area contributed by atoms with E-state index >= 15 is 0 Å². The maximum absolute atomic E-state index is 11.7. The summed E-state index contributed by atoms with van der Waals surface area (Å²) in [5.41, 5.74) is 10.1. The summed E-state index contributed by atoms with van der Waals surface area (Å²) in [6.07, 6.45) is 0. The third-order valence-corrected chi connectivity index (χ3v) is 2.86. The zero-order chi connectivity index (χ0) is 12.9. The molecule has 2 unspecified atom stereocenters. The Labute approximate surface area is 96.1 Å². The average Bonchev–Trinajstić information content (AvgIpc) is 2.16. The lowest BCUT2D eigenvalue weighted by atomic mass is 9.88. The highest BCUT2D eigenvalue weighted by molar-refractivity contribution is 5.86. The molecule has 0 aromatic rings. The second kappa shape index (κ2) is 5.69. The number of rotatable bonds is 5. The number of nitrogens with two attached hydrogens (primary N) is 2. The summed E-state index contributed by atoms with van der Waals surface area (Å²) in [4.78, 5) is 22.3. The van der Waals surface area contributed by atoms with Crippen molar-refractivity contribution < 1.29 is 9.59 Å². The van der Waals surface area contributed by atoms with Gasteiger partial charge in [-0.1, -0.05) is 13.8 Å². The topological polar surface area (TPSA) is 110 Å². The van der Waals surface area contributed by atoms with Crippen molar-refractivity contribution in [1.82, 2.24) is 10.6 Å². The van der Waals surface area contributed by atoms with Gasteiger partial charge in [0.05, 0.1) is 5.54 Å². The van der Waals surface area contributed by atoms with Crippen LogP contribution in [0, 0.1) is 5.92 Å². The summed E-state index contributed by atoms with van der Waals surface area (Å²) < 4.78 is 0. The molecule has 0 saturated carbocycles. The van der Waals surface area contributed by atoms with Crippen LogP contribution in [0.4, 0.5) is 4.79 Å². The van der Waals surface area contributed by atoms with Gasteiger partial charge in [0, 0.05) is 6.54 Å². The highest BCUT2D eigenvalue weighted by atomic mass is 16.2. The molecule has 0 aliphatic carbocycles. The Hall–Kier alpha value is -1.30. The van der Waals surface area contributed by atoms with Gasteiger partial charge in [-0.15, -0.1) is 0 Å². The first-order valence-electron chi connectivity index (χ1n) is 5.31. The van der Waals surface area contributed by atoms with E-state index in [1.165, 1.54) is 0 Å². The Bertz CT molecular complexity index is 268. The average molecular weight is 230 g/mol. The quantitative estimate of drug-likeness (QED) is 0.512. The summed E-state index contributed by atoms with van der Waals surface area (Å²) in [5, 5.41) is 5.13. The molecule has 6 N–H and O–H groups in total. The van der Waals surface area contributed by atoms with Gasteiger partial charge in [-0.05, 0) is 19.8 Å². The third-order valence-electron chi connectivity index (χ3n) is 2.86. The lowest BCUT2D eigenvalue weighted by Crippen LogP contribution is -2.59. The fraction of sp³-hybridized carbons (Fsp3) is 0.800. The molecule has 94 valence electrons. The van der Waals surface area contributed by atoms with Crippen LogP contribution < -0.4 is 22.1 Å². The van der Waals surface area contributed by atoms with Crippen LogP contribution >= 0.6 is 0 Å². The molecular weight excluding hydrogens is 208 g/mol. The minimum absolute atomic E-state index is 0.197. The van der Waals surface area contributed by atoms with Crippen molar-refractivity contribution in [3.63, 3.8) is 0 Å². The number of primary amides is 1. The molecule has 0 aromatic heterocycles. The van der Waals surface area contributed by atoms with Crippen molar-refractivity contribution in [3.05, 3.63) is 0 Å². The normalized spacial score (nSPS) is 16.4. The Kier molecular flexibility index (Phi) is 5.23. The molecule has 16 heavy (non-hydrogen) atoms. The van der Waals surface area contributed by atoms with E-state index in [-0.39, 0.29) is 11.8 Å². The van der Waals surface area contributed by atoms with Crippen LogP contribution in [0.2, 0.25) is 0 Å². The minimum Gasteiger partial charge on any atom is -0.352 e. The van der Waals surface area contributed by atoms with E-state index in [1.54, 1.807) is 6.92 Å². The van der Waals surface area contributed by atoms with E-state index in [1.807, 2.05) is 20.8 Å². The van der Waals surface area contributed by atoms with Crippen LogP contribution in [0.5, 0.6) is 0 Å². The van der Waals surface area contributed by atoms with Crippen molar-refractivity contribution >= 4 is 11.9 Å². The van der Waals surface area contributed by atoms with Gasteiger partial charge in [-0.25, -0.2) is 4.79 Å². The van der Waals surface area contributed by atoms with Crippen LogP contribution in [0.25, 0.3) is 0 Å². The van der Waals surface area contributed by atoms with Crippen molar-refractivity contribution in [2.45, 2.75) is 39.3 Å². The summed E-state index contributed by atoms with van der Waals surface area (Å²) in [6, 6.07) is -1.39. The Morgan fingerprint density at radius 1 is 1.31 bits per heavy atom. The van der Waals surface area contributed by atoms with Crippen LogP contribution in [0.1, 0.15) is 27.7 Å². The molecule has 2 atom stereocenters. The molecular formula is C10H22N4O2. The molecule has 0 radical (unpaired) electrons. The first-order valence-corrected chi connectivity index (χ1v) is 5.31. The highest BCUT2D eigenvalue weighted by Crippen LogP contribution is 2.14. The van der Waals surface area contributed by atoms with Gasteiger partial charge < -0.3 is 22.1 Å². The van der Waals surface area contributed by atoms with Crippen molar-refractivity contribution in [3.8, 4) is 0 Å². The smallest absolute Gasteiger partial charge is 0.312 e. The van der Waals surface area contributed by atoms with Crippen LogP contribution in [0.3, 0.4) is 0 Å². The van der Waals surface area contributed by atoms with Crippen LogP contribution in [0.15, 0.2) is 0 Å². The van der Waals surface area contributed by atoms with E-state index < -0.39 is 17.6 Å². The fourth-order valence-electron chi connectivity index (χ4n) is 1.10. The molecule has 0 aromatic carbocycles. The predicted molar refractivity (Wildman–Crippen MR) is 62.6 cm³/mol. The molecule has 0 heterocycles. The van der Waals surface area contributed by atoms with E-state index in [4.69, 9.17) is 11.5 Å². The van der Waals surface area contributed by atoms with Crippen LogP contribution in [-0.2, 0) is 4.79 Å². The molecule has 6 heteroatoms. The van der Waals surface area contributed by atoms with E-state index in [2.05, 4.69) is 10.6 Å². The monoisotopic (exact) mass is 230 g/mol. The van der Waals surface area contributed by atoms with Gasteiger partial charge in [0.15, 0.2) is 0 Å². The Morgan fingerprint density at radius 3 is 2.12 bits per heavy atom. The van der Waals surface area contributed by atoms with Gasteiger partial charge in [0.2, 0.25) is 5.91 Å². The molecule has 0 saturated heterocycles. The highest BCUT2D eigenvalue weighted by Gasteiger charge is 2.30. The zero-order valence-electron chi connectivity index (χ0n) is 10.3. The van der Waals surface area contributed by atoms with Crippen molar-refractivity contribution in [2.24, 2.45) is 17.4 Å². The van der Waals surface area contributed by atoms with Crippen LogP contribution in [-0.4, -0.2) is 30.1 Å². The molecule has 0 fully saturated rings. The minimum atomic E-state index is -0.721. The fourth-order valence-corrected chi connectivity index (χ4v) is 1.10. The van der Waals surface area contributed by atoms with E-state index in [9.17, 15) is 9.59 Å². The molecule has 0 rings (SSSR count). The number of amides is 3. The second-order valence-corrected chi connectivity index (χ2v) is 4.50. The Balaban J connectivity index is 4.47. The summed E-state index contributed by atoms with van der Waals surface area (Å²) in [7, 11) is 0. The van der Waals surface area contributed by atoms with Gasteiger partial charge in [-0.3, -0.25) is 4.79 Å². The summed E-state index contributed by atoms with van der Waals surface area (Å²) >= 11 is 0. The van der Waals surface area contributed by atoms with Gasteiger partial charge in [0.1, 0.15) is 6.04 Å². The number of carbonyl (C=O) groups excluding carboxylic acids is 2. The van der Waals surface area contributed by atoms with Crippen molar-refractivity contribution in [2.75, 3.05) is 6.54 Å². The van der Waals surface area contributed by atoms with E-state index in [0.29, 0.717) is 6.54 Å². The van der Waals surface area contributed by atoms with Gasteiger partial charge in [-0.2, -0.15) is 0 Å². The Morgan fingerprint density at radius 2 is 1.81 bits per heavy atom. The zero-order valence-corrected chi connectivity index (χ0v) is 10.3. The molecule has 0 aliphatic heterocycles. The molecule has 6 nitrogen and oxygen atoms in total. The standard InChI is InChI=1S/C10H22N4O2/c1-6(2)10(4,5-11)14-8(15)7(3)13-9(12)16/h6-7H,5,11H2,1-4H3,(H,14,15)(H3,12,13,16). The number of urea groups is 1. The molecule has 3 amide bonds. The lowest BCUT2D eigenvalue weighted by molar-refractivity contribution is -0.124. The number of hydrogen-bond donors (Lipinski definition) is 4. The molecule has 0 aliphatic rings. The summed E-state index contributed by atoms with van der Waals surface area (Å²) in [5.74, 6) is -0.0947. The summed E-state index contributed by atoms with van der Waals surface area (Å²) in [6.45, 7) is 7.71. The van der Waals surface area contributed by atoms with Gasteiger partial charge in [0.25, 0.3) is 0 Å². The predicted octanol–water partition coefficient (Wildman–Crippen LogP) is -0.467. The SMILES string of the molecule is CC(NC(N)=O)C(=O)NC(C)(CN)C(C)C. The molecule has 0 spiro atoms. The van der Waals surface area contributed by atoms with Gasteiger partial charge >= 0.3 is 6.03 Å². The lowest BCUT2D eigenvalue weighted by Gasteiger charge is -2.34. The number of carbonyl (C=O) groups is 2. The third kappa shape index (κ3) is 4.06. The first-order chi connectivity index (χ1) is 7.23. The number of nitrogens with one attached hydrogen (secondary N) is 2.